The minimum absolute atomic E-state index is 0.000624. The highest BCUT2D eigenvalue weighted by Gasteiger charge is 2.28. The van der Waals surface area contributed by atoms with E-state index < -0.39 is 0 Å². The van der Waals surface area contributed by atoms with Crippen LogP contribution in [-0.2, 0) is 9.53 Å². The first-order chi connectivity index (χ1) is 10.2. The average molecular weight is 311 g/mol. The van der Waals surface area contributed by atoms with Crippen LogP contribution in [0.2, 0.25) is 0 Å². The normalized spacial score (nSPS) is 18.3. The van der Waals surface area contributed by atoms with E-state index in [1.807, 2.05) is 17.5 Å². The Kier molecular flexibility index (Phi) is 6.01. The number of rotatable bonds is 5. The number of piperidine rings is 1. The second kappa shape index (κ2) is 7.99. The lowest BCUT2D eigenvalue weighted by atomic mass is 9.97. The number of hydrogen-bond donors (Lipinski definition) is 2. The van der Waals surface area contributed by atoms with Gasteiger partial charge in [-0.15, -0.1) is 11.3 Å². The minimum atomic E-state index is -0.135. The van der Waals surface area contributed by atoms with Gasteiger partial charge in [0.05, 0.1) is 17.5 Å². The summed E-state index contributed by atoms with van der Waals surface area (Å²) in [6, 6.07) is 3.62. The Balaban J connectivity index is 1.82. The van der Waals surface area contributed by atoms with Gasteiger partial charge in [0, 0.05) is 26.7 Å². The Bertz CT molecular complexity index is 464. The molecule has 1 aliphatic heterocycles. The molecule has 2 N–H and O–H groups in total. The zero-order chi connectivity index (χ0) is 15.1. The fraction of sp³-hybridized carbons (Fsp3) is 0.571. The van der Waals surface area contributed by atoms with Crippen LogP contribution in [0.3, 0.4) is 0 Å². The monoisotopic (exact) mass is 311 g/mol. The van der Waals surface area contributed by atoms with E-state index in [1.54, 1.807) is 12.0 Å². The van der Waals surface area contributed by atoms with Crippen LogP contribution in [0, 0.1) is 5.92 Å². The molecule has 3 amide bonds. The summed E-state index contributed by atoms with van der Waals surface area (Å²) in [5.74, 6) is -0.134. The number of carbonyl (C=O) groups is 2. The molecule has 1 saturated heterocycles. The summed E-state index contributed by atoms with van der Waals surface area (Å²) in [6.07, 6.45) is 1.67. The van der Waals surface area contributed by atoms with Crippen molar-refractivity contribution in [3.63, 3.8) is 0 Å². The Morgan fingerprint density at radius 1 is 1.52 bits per heavy atom. The molecule has 0 saturated carbocycles. The number of thiophene rings is 1. The van der Waals surface area contributed by atoms with Crippen molar-refractivity contribution >= 4 is 28.3 Å². The average Bonchev–Trinajstić information content (AvgIpc) is 3.00. The van der Waals surface area contributed by atoms with Crippen LogP contribution in [0.4, 0.5) is 9.80 Å². The number of amides is 3. The number of urea groups is 1. The fourth-order valence-corrected chi connectivity index (χ4v) is 2.94. The summed E-state index contributed by atoms with van der Waals surface area (Å²) >= 11 is 1.48. The molecule has 0 spiro atoms. The summed E-state index contributed by atoms with van der Waals surface area (Å²) in [6.45, 7) is 2.17. The van der Waals surface area contributed by atoms with E-state index in [0.29, 0.717) is 26.2 Å². The van der Waals surface area contributed by atoms with Crippen molar-refractivity contribution in [3.8, 4) is 0 Å². The van der Waals surface area contributed by atoms with Gasteiger partial charge in [0.25, 0.3) is 0 Å². The highest BCUT2D eigenvalue weighted by atomic mass is 32.1. The molecule has 1 aromatic rings. The van der Waals surface area contributed by atoms with Crippen LogP contribution in [0.5, 0.6) is 0 Å². The molecule has 2 rings (SSSR count). The second-order valence-corrected chi connectivity index (χ2v) is 5.92. The SMILES string of the molecule is COCCNC(=O)C1CCCN(C(=O)Nc2cccs2)C1. The molecule has 116 valence electrons. The van der Waals surface area contributed by atoms with Gasteiger partial charge in [-0.3, -0.25) is 10.1 Å². The third kappa shape index (κ3) is 4.71. The van der Waals surface area contributed by atoms with E-state index in [9.17, 15) is 9.59 Å². The number of anilines is 1. The predicted molar refractivity (Wildman–Crippen MR) is 82.5 cm³/mol. The van der Waals surface area contributed by atoms with Gasteiger partial charge < -0.3 is 15.0 Å². The number of ether oxygens (including phenoxy) is 1. The Labute approximate surface area is 128 Å². The van der Waals surface area contributed by atoms with Crippen molar-refractivity contribution in [1.82, 2.24) is 10.2 Å². The molecular weight excluding hydrogens is 290 g/mol. The molecule has 2 heterocycles. The summed E-state index contributed by atoms with van der Waals surface area (Å²) in [5, 5.41) is 8.44. The zero-order valence-electron chi connectivity index (χ0n) is 12.1. The van der Waals surface area contributed by atoms with Crippen LogP contribution < -0.4 is 10.6 Å². The van der Waals surface area contributed by atoms with Crippen molar-refractivity contribution in [2.45, 2.75) is 12.8 Å². The molecule has 1 unspecified atom stereocenters. The molecule has 6 nitrogen and oxygen atoms in total. The maximum Gasteiger partial charge on any atom is 0.322 e. The van der Waals surface area contributed by atoms with Crippen LogP contribution in [0.1, 0.15) is 12.8 Å². The van der Waals surface area contributed by atoms with E-state index in [-0.39, 0.29) is 17.9 Å². The number of carbonyl (C=O) groups excluding carboxylic acids is 2. The van der Waals surface area contributed by atoms with Crippen LogP contribution in [0.25, 0.3) is 0 Å². The van der Waals surface area contributed by atoms with E-state index in [1.165, 1.54) is 11.3 Å². The minimum Gasteiger partial charge on any atom is -0.383 e. The van der Waals surface area contributed by atoms with E-state index in [4.69, 9.17) is 4.74 Å². The molecule has 0 aromatic carbocycles. The van der Waals surface area contributed by atoms with Crippen molar-refractivity contribution in [1.29, 1.82) is 0 Å². The van der Waals surface area contributed by atoms with Crippen LogP contribution in [-0.4, -0.2) is 50.2 Å². The predicted octanol–water partition coefficient (Wildman–Crippen LogP) is 1.75. The first-order valence-electron chi connectivity index (χ1n) is 7.07. The molecule has 7 heteroatoms. The number of likely N-dealkylation sites (tertiary alicyclic amines) is 1. The smallest absolute Gasteiger partial charge is 0.322 e. The molecule has 21 heavy (non-hydrogen) atoms. The van der Waals surface area contributed by atoms with Crippen LogP contribution >= 0.6 is 11.3 Å². The van der Waals surface area contributed by atoms with Crippen molar-refractivity contribution in [3.05, 3.63) is 17.5 Å². The molecule has 0 aliphatic carbocycles. The van der Waals surface area contributed by atoms with E-state index in [2.05, 4.69) is 10.6 Å². The third-order valence-electron chi connectivity index (χ3n) is 3.44. The van der Waals surface area contributed by atoms with E-state index in [0.717, 1.165) is 17.8 Å². The lowest BCUT2D eigenvalue weighted by molar-refractivity contribution is -0.126. The van der Waals surface area contributed by atoms with Crippen molar-refractivity contribution in [2.24, 2.45) is 5.92 Å². The summed E-state index contributed by atoms with van der Waals surface area (Å²) in [5.41, 5.74) is 0. The lowest BCUT2D eigenvalue weighted by Crippen LogP contribution is -2.47. The third-order valence-corrected chi connectivity index (χ3v) is 4.22. The highest BCUT2D eigenvalue weighted by Crippen LogP contribution is 2.20. The van der Waals surface area contributed by atoms with Gasteiger partial charge in [-0.05, 0) is 30.4 Å². The number of nitrogens with zero attached hydrogens (tertiary/aromatic N) is 1. The van der Waals surface area contributed by atoms with Gasteiger partial charge in [-0.25, -0.2) is 4.79 Å². The summed E-state index contributed by atoms with van der Waals surface area (Å²) in [7, 11) is 1.60. The molecular formula is C14H21N3O3S. The summed E-state index contributed by atoms with van der Waals surface area (Å²) in [4.78, 5) is 25.9. The Morgan fingerprint density at radius 2 is 2.38 bits per heavy atom. The van der Waals surface area contributed by atoms with Gasteiger partial charge in [0.15, 0.2) is 0 Å². The summed E-state index contributed by atoms with van der Waals surface area (Å²) < 4.78 is 4.91. The standard InChI is InChI=1S/C14H21N3O3S/c1-20-8-6-15-13(18)11-4-2-7-17(10-11)14(19)16-12-5-3-9-21-12/h3,5,9,11H,2,4,6-8,10H2,1H3,(H,15,18)(H,16,19). The van der Waals surface area contributed by atoms with Crippen LogP contribution in [0.15, 0.2) is 17.5 Å². The van der Waals surface area contributed by atoms with Gasteiger partial charge in [-0.2, -0.15) is 0 Å². The number of nitrogens with one attached hydrogen (secondary N) is 2. The molecule has 0 radical (unpaired) electrons. The maximum atomic E-state index is 12.2. The fourth-order valence-electron chi connectivity index (χ4n) is 2.33. The topological polar surface area (TPSA) is 70.7 Å². The quantitative estimate of drug-likeness (QED) is 0.814. The molecule has 0 bridgehead atoms. The maximum absolute atomic E-state index is 12.2. The molecule has 1 atom stereocenters. The number of hydrogen-bond acceptors (Lipinski definition) is 4. The van der Waals surface area contributed by atoms with Crippen molar-refractivity contribution in [2.75, 3.05) is 38.7 Å². The Hall–Kier alpha value is -1.60. The van der Waals surface area contributed by atoms with Gasteiger partial charge in [-0.1, -0.05) is 0 Å². The molecule has 1 aromatic heterocycles. The second-order valence-electron chi connectivity index (χ2n) is 4.98. The zero-order valence-corrected chi connectivity index (χ0v) is 12.9. The number of methoxy groups -OCH3 is 1. The first-order valence-corrected chi connectivity index (χ1v) is 7.94. The molecule has 1 aliphatic rings. The Morgan fingerprint density at radius 3 is 3.10 bits per heavy atom. The molecule has 1 fully saturated rings. The van der Waals surface area contributed by atoms with Gasteiger partial charge in [0.1, 0.15) is 0 Å². The van der Waals surface area contributed by atoms with Gasteiger partial charge in [0.2, 0.25) is 5.91 Å². The van der Waals surface area contributed by atoms with Gasteiger partial charge >= 0.3 is 6.03 Å². The largest absolute Gasteiger partial charge is 0.383 e. The first kappa shape index (κ1) is 15.8. The lowest BCUT2D eigenvalue weighted by Gasteiger charge is -2.31. The van der Waals surface area contributed by atoms with E-state index >= 15 is 0 Å². The highest BCUT2D eigenvalue weighted by molar-refractivity contribution is 7.14. The van der Waals surface area contributed by atoms with Crippen molar-refractivity contribution < 1.29 is 14.3 Å².